The smallest absolute Gasteiger partial charge is 0.311 e. The van der Waals surface area contributed by atoms with Crippen LogP contribution in [0.15, 0.2) is 29.6 Å². The normalized spacial score (nSPS) is 11.8. The number of nitrogens with one attached hydrogen (secondary N) is 1. The average Bonchev–Trinajstić information content (AvgIpc) is 2.52. The molecule has 0 aliphatic rings. The SMILES string of the molecule is CCOC(=O)C/C(CC(=O)C(C)(C)C)=N\NC(=O)c1ccncc1. The zero-order valence-corrected chi connectivity index (χ0v) is 14.5. The molecule has 7 nitrogen and oxygen atoms in total. The van der Waals surface area contributed by atoms with E-state index in [-0.39, 0.29) is 30.9 Å². The van der Waals surface area contributed by atoms with Crippen LogP contribution in [0.5, 0.6) is 0 Å². The van der Waals surface area contributed by atoms with Gasteiger partial charge in [-0.1, -0.05) is 20.8 Å². The molecule has 0 aliphatic heterocycles. The minimum atomic E-state index is -0.565. The van der Waals surface area contributed by atoms with Crippen molar-refractivity contribution in [1.29, 1.82) is 0 Å². The van der Waals surface area contributed by atoms with E-state index in [0.717, 1.165) is 0 Å². The first-order valence-electron chi connectivity index (χ1n) is 7.68. The maximum atomic E-state index is 12.2. The number of pyridine rings is 1. The van der Waals surface area contributed by atoms with E-state index in [1.165, 1.54) is 24.5 Å². The van der Waals surface area contributed by atoms with E-state index < -0.39 is 17.3 Å². The Labute approximate surface area is 141 Å². The maximum Gasteiger partial charge on any atom is 0.311 e. The van der Waals surface area contributed by atoms with Gasteiger partial charge in [0, 0.05) is 29.8 Å². The molecule has 130 valence electrons. The van der Waals surface area contributed by atoms with Gasteiger partial charge in [-0.3, -0.25) is 19.4 Å². The Hall–Kier alpha value is -2.57. The van der Waals surface area contributed by atoms with Gasteiger partial charge in [-0.05, 0) is 19.1 Å². The zero-order chi connectivity index (χ0) is 18.2. The standard InChI is InChI=1S/C17H23N3O4/c1-5-24-15(22)11-13(10-14(21)17(2,3)4)19-20-16(23)12-6-8-18-9-7-12/h6-9H,5,10-11H2,1-4H3,(H,20,23)/b19-13-. The van der Waals surface area contributed by atoms with Gasteiger partial charge >= 0.3 is 5.97 Å². The van der Waals surface area contributed by atoms with Crippen LogP contribution in [-0.4, -0.2) is 35.0 Å². The molecule has 0 fully saturated rings. The van der Waals surface area contributed by atoms with E-state index in [1.807, 2.05) is 0 Å². The second-order valence-electron chi connectivity index (χ2n) is 6.19. The largest absolute Gasteiger partial charge is 0.466 e. The molecule has 1 aromatic rings. The lowest BCUT2D eigenvalue weighted by Crippen LogP contribution is -2.27. The third-order valence-electron chi connectivity index (χ3n) is 3.11. The predicted molar refractivity (Wildman–Crippen MR) is 89.5 cm³/mol. The number of Topliss-reactive ketones (excluding diaryl/α,β-unsaturated/α-hetero) is 1. The van der Waals surface area contributed by atoms with Crippen LogP contribution in [0.25, 0.3) is 0 Å². The molecule has 1 aromatic heterocycles. The molecule has 0 atom stereocenters. The fourth-order valence-corrected chi connectivity index (χ4v) is 1.67. The van der Waals surface area contributed by atoms with Gasteiger partial charge in [0.25, 0.3) is 5.91 Å². The van der Waals surface area contributed by atoms with Gasteiger partial charge in [-0.15, -0.1) is 0 Å². The number of ketones is 1. The summed E-state index contributed by atoms with van der Waals surface area (Å²) in [6, 6.07) is 3.08. The number of ether oxygens (including phenoxy) is 1. The van der Waals surface area contributed by atoms with E-state index in [0.29, 0.717) is 5.56 Å². The van der Waals surface area contributed by atoms with Gasteiger partial charge in [-0.25, -0.2) is 5.43 Å². The van der Waals surface area contributed by atoms with Crippen LogP contribution in [0.2, 0.25) is 0 Å². The second-order valence-corrected chi connectivity index (χ2v) is 6.19. The fraction of sp³-hybridized carbons (Fsp3) is 0.471. The van der Waals surface area contributed by atoms with Gasteiger partial charge in [0.2, 0.25) is 0 Å². The quantitative estimate of drug-likeness (QED) is 0.468. The highest BCUT2D eigenvalue weighted by atomic mass is 16.5. The summed E-state index contributed by atoms with van der Waals surface area (Å²) in [6.45, 7) is 7.29. The fourth-order valence-electron chi connectivity index (χ4n) is 1.67. The van der Waals surface area contributed by atoms with E-state index >= 15 is 0 Å². The summed E-state index contributed by atoms with van der Waals surface area (Å²) < 4.78 is 4.88. The Kier molecular flexibility index (Phi) is 7.23. The van der Waals surface area contributed by atoms with Crippen molar-refractivity contribution in [3.63, 3.8) is 0 Å². The molecule has 0 unspecified atom stereocenters. The second kappa shape index (κ2) is 8.90. The van der Waals surface area contributed by atoms with Crippen molar-refractivity contribution >= 4 is 23.4 Å². The molecular weight excluding hydrogens is 310 g/mol. The highest BCUT2D eigenvalue weighted by Crippen LogP contribution is 2.17. The first-order chi connectivity index (χ1) is 11.2. The van der Waals surface area contributed by atoms with E-state index in [9.17, 15) is 14.4 Å². The lowest BCUT2D eigenvalue weighted by atomic mass is 9.87. The van der Waals surface area contributed by atoms with E-state index in [2.05, 4.69) is 15.5 Å². The summed E-state index contributed by atoms with van der Waals surface area (Å²) >= 11 is 0. The summed E-state index contributed by atoms with van der Waals surface area (Å²) in [4.78, 5) is 39.7. The predicted octanol–water partition coefficient (Wildman–Crippen LogP) is 2.13. The summed E-state index contributed by atoms with van der Waals surface area (Å²) in [5.41, 5.74) is 2.44. The molecule has 1 rings (SSSR count). The molecule has 0 saturated carbocycles. The van der Waals surface area contributed by atoms with Crippen LogP contribution in [-0.2, 0) is 14.3 Å². The number of nitrogens with zero attached hydrogens (tertiary/aromatic N) is 2. The third kappa shape index (κ3) is 6.68. The highest BCUT2D eigenvalue weighted by Gasteiger charge is 2.24. The number of carbonyl (C=O) groups is 3. The van der Waals surface area contributed by atoms with Gasteiger partial charge in [0.1, 0.15) is 5.78 Å². The summed E-state index contributed by atoms with van der Waals surface area (Å²) in [5.74, 6) is -1.01. The number of rotatable bonds is 7. The van der Waals surface area contributed by atoms with Crippen LogP contribution >= 0.6 is 0 Å². The highest BCUT2D eigenvalue weighted by molar-refractivity contribution is 6.10. The molecule has 0 aliphatic carbocycles. The first kappa shape index (κ1) is 19.5. The van der Waals surface area contributed by atoms with Gasteiger partial charge in [0.05, 0.1) is 18.7 Å². The number of hydrogen-bond acceptors (Lipinski definition) is 6. The number of esters is 1. The van der Waals surface area contributed by atoms with Gasteiger partial charge < -0.3 is 4.74 Å². The summed E-state index contributed by atoms with van der Waals surface area (Å²) in [7, 11) is 0. The maximum absolute atomic E-state index is 12.2. The molecule has 0 bridgehead atoms. The lowest BCUT2D eigenvalue weighted by molar-refractivity contribution is -0.141. The van der Waals surface area contributed by atoms with Crippen molar-refractivity contribution in [1.82, 2.24) is 10.4 Å². The van der Waals surface area contributed by atoms with Crippen LogP contribution < -0.4 is 5.43 Å². The first-order valence-corrected chi connectivity index (χ1v) is 7.68. The Morgan fingerprint density at radius 3 is 2.33 bits per heavy atom. The zero-order valence-electron chi connectivity index (χ0n) is 14.5. The Bertz CT molecular complexity index is 618. The van der Waals surface area contributed by atoms with Crippen LogP contribution in [0.4, 0.5) is 0 Å². The van der Waals surface area contributed by atoms with E-state index in [1.54, 1.807) is 27.7 Å². The van der Waals surface area contributed by atoms with Crippen molar-refractivity contribution in [2.75, 3.05) is 6.61 Å². The monoisotopic (exact) mass is 333 g/mol. The summed E-state index contributed by atoms with van der Waals surface area (Å²) in [5, 5.41) is 3.95. The van der Waals surface area contributed by atoms with Crippen LogP contribution in [0, 0.1) is 5.41 Å². The molecule has 0 spiro atoms. The topological polar surface area (TPSA) is 97.7 Å². The number of hydrazone groups is 1. The minimum absolute atomic E-state index is 0.0288. The molecule has 0 saturated heterocycles. The molecule has 7 heteroatoms. The third-order valence-corrected chi connectivity index (χ3v) is 3.11. The van der Waals surface area contributed by atoms with Crippen molar-refractivity contribution in [3.05, 3.63) is 30.1 Å². The Morgan fingerprint density at radius 1 is 1.17 bits per heavy atom. The lowest BCUT2D eigenvalue weighted by Gasteiger charge is -2.17. The van der Waals surface area contributed by atoms with E-state index in [4.69, 9.17) is 4.74 Å². The summed E-state index contributed by atoms with van der Waals surface area (Å²) in [6.07, 6.45) is 2.80. The number of carbonyl (C=O) groups excluding carboxylic acids is 3. The van der Waals surface area contributed by atoms with Crippen molar-refractivity contribution in [3.8, 4) is 0 Å². The van der Waals surface area contributed by atoms with Crippen LogP contribution in [0.3, 0.4) is 0 Å². The molecular formula is C17H23N3O4. The molecule has 0 radical (unpaired) electrons. The van der Waals surface area contributed by atoms with Gasteiger partial charge in [0.15, 0.2) is 0 Å². The van der Waals surface area contributed by atoms with Crippen molar-refractivity contribution in [2.24, 2.45) is 10.5 Å². The number of hydrogen-bond donors (Lipinski definition) is 1. The number of aromatic nitrogens is 1. The minimum Gasteiger partial charge on any atom is -0.466 e. The average molecular weight is 333 g/mol. The van der Waals surface area contributed by atoms with Crippen LogP contribution in [0.1, 0.15) is 50.9 Å². The number of amides is 1. The van der Waals surface area contributed by atoms with Crippen molar-refractivity contribution < 1.29 is 19.1 Å². The Balaban J connectivity index is 2.84. The molecule has 1 N–H and O–H groups in total. The molecule has 0 aromatic carbocycles. The molecule has 24 heavy (non-hydrogen) atoms. The molecule has 1 amide bonds. The Morgan fingerprint density at radius 2 is 1.79 bits per heavy atom. The van der Waals surface area contributed by atoms with Crippen molar-refractivity contribution in [2.45, 2.75) is 40.5 Å². The van der Waals surface area contributed by atoms with Gasteiger partial charge in [-0.2, -0.15) is 5.10 Å². The molecule has 1 heterocycles.